The first-order chi connectivity index (χ1) is 12.5. The van der Waals surface area contributed by atoms with Crippen molar-refractivity contribution in [2.45, 2.75) is 13.3 Å². The number of rotatable bonds is 5. The molecule has 0 aliphatic rings. The Kier molecular flexibility index (Phi) is 5.13. The van der Waals surface area contributed by atoms with Crippen molar-refractivity contribution in [3.63, 3.8) is 0 Å². The van der Waals surface area contributed by atoms with Crippen molar-refractivity contribution in [1.82, 2.24) is 0 Å². The first-order valence-electron chi connectivity index (χ1n) is 8.37. The van der Waals surface area contributed by atoms with Crippen LogP contribution in [-0.4, -0.2) is 11.7 Å². The van der Waals surface area contributed by atoms with Gasteiger partial charge in [-0.1, -0.05) is 42.0 Å². The molecule has 0 saturated heterocycles. The molecule has 0 atom stereocenters. The van der Waals surface area contributed by atoms with Crippen LogP contribution < -0.4 is 11.1 Å². The average Bonchev–Trinajstić information content (AvgIpc) is 2.65. The van der Waals surface area contributed by atoms with E-state index >= 15 is 0 Å². The van der Waals surface area contributed by atoms with Crippen molar-refractivity contribution in [2.75, 3.05) is 11.1 Å². The minimum absolute atomic E-state index is 0.000245. The van der Waals surface area contributed by atoms with E-state index in [9.17, 15) is 9.59 Å². The van der Waals surface area contributed by atoms with Crippen molar-refractivity contribution in [3.8, 4) is 0 Å². The Morgan fingerprint density at radius 3 is 2.00 bits per heavy atom. The monoisotopic (exact) mass is 344 g/mol. The van der Waals surface area contributed by atoms with Gasteiger partial charge in [-0.15, -0.1) is 0 Å². The predicted molar refractivity (Wildman–Crippen MR) is 104 cm³/mol. The minimum atomic E-state index is -0.202. The molecule has 4 nitrogen and oxygen atoms in total. The minimum Gasteiger partial charge on any atom is -0.399 e. The smallest absolute Gasteiger partial charge is 0.255 e. The van der Waals surface area contributed by atoms with Gasteiger partial charge in [0, 0.05) is 28.9 Å². The van der Waals surface area contributed by atoms with E-state index in [1.165, 1.54) is 0 Å². The molecule has 0 spiro atoms. The zero-order valence-electron chi connectivity index (χ0n) is 14.5. The summed E-state index contributed by atoms with van der Waals surface area (Å²) in [6.07, 6.45) is 0.301. The molecule has 0 fully saturated rings. The highest BCUT2D eigenvalue weighted by atomic mass is 16.1. The van der Waals surface area contributed by atoms with Crippen LogP contribution in [0.2, 0.25) is 0 Å². The molecule has 3 aromatic carbocycles. The molecule has 3 rings (SSSR count). The predicted octanol–water partition coefficient (Wildman–Crippen LogP) is 4.25. The molecular weight excluding hydrogens is 324 g/mol. The van der Waals surface area contributed by atoms with Crippen molar-refractivity contribution in [3.05, 3.63) is 95.1 Å². The van der Waals surface area contributed by atoms with Crippen LogP contribution in [0.3, 0.4) is 0 Å². The van der Waals surface area contributed by atoms with E-state index in [0.29, 0.717) is 23.2 Å². The number of nitrogens with one attached hydrogen (secondary N) is 1. The van der Waals surface area contributed by atoms with Crippen LogP contribution in [0.25, 0.3) is 0 Å². The van der Waals surface area contributed by atoms with Crippen molar-refractivity contribution in [1.29, 1.82) is 0 Å². The fraction of sp³-hybridized carbons (Fsp3) is 0.0909. The van der Waals surface area contributed by atoms with Gasteiger partial charge in [-0.05, 0) is 48.9 Å². The summed E-state index contributed by atoms with van der Waals surface area (Å²) in [5.74, 6) is -0.202. The van der Waals surface area contributed by atoms with Crippen LogP contribution in [0.15, 0.2) is 72.8 Å². The largest absolute Gasteiger partial charge is 0.399 e. The van der Waals surface area contributed by atoms with E-state index in [4.69, 9.17) is 5.73 Å². The van der Waals surface area contributed by atoms with Crippen molar-refractivity contribution < 1.29 is 9.59 Å². The van der Waals surface area contributed by atoms with Gasteiger partial charge in [-0.3, -0.25) is 9.59 Å². The maximum atomic E-state index is 12.4. The molecule has 26 heavy (non-hydrogen) atoms. The lowest BCUT2D eigenvalue weighted by molar-refractivity contribution is 0.0989. The molecule has 0 radical (unpaired) electrons. The summed E-state index contributed by atoms with van der Waals surface area (Å²) in [5, 5.41) is 2.84. The molecule has 0 bridgehead atoms. The van der Waals surface area contributed by atoms with Gasteiger partial charge in [-0.2, -0.15) is 0 Å². The molecule has 0 aromatic heterocycles. The number of benzene rings is 3. The topological polar surface area (TPSA) is 72.2 Å². The molecule has 0 heterocycles. The van der Waals surface area contributed by atoms with Gasteiger partial charge in [0.2, 0.25) is 0 Å². The van der Waals surface area contributed by atoms with Gasteiger partial charge >= 0.3 is 0 Å². The molecule has 0 aliphatic carbocycles. The van der Waals surface area contributed by atoms with E-state index in [1.54, 1.807) is 36.4 Å². The number of hydrogen-bond donors (Lipinski definition) is 2. The second kappa shape index (κ2) is 7.66. The quantitative estimate of drug-likeness (QED) is 0.537. The number of anilines is 2. The molecule has 4 heteroatoms. The Balaban J connectivity index is 1.65. The number of ketones is 1. The number of nitrogens with two attached hydrogens (primary N) is 1. The highest BCUT2D eigenvalue weighted by Gasteiger charge is 2.10. The van der Waals surface area contributed by atoms with Crippen LogP contribution in [-0.2, 0) is 6.42 Å². The summed E-state index contributed by atoms with van der Waals surface area (Å²) in [5.41, 5.74) is 10.2. The molecule has 130 valence electrons. The summed E-state index contributed by atoms with van der Waals surface area (Å²) in [4.78, 5) is 24.7. The third kappa shape index (κ3) is 4.36. The fourth-order valence-electron chi connectivity index (χ4n) is 2.57. The van der Waals surface area contributed by atoms with Crippen LogP contribution in [0.5, 0.6) is 0 Å². The molecule has 0 saturated carbocycles. The molecule has 0 aliphatic heterocycles. The molecule has 0 unspecified atom stereocenters. The maximum absolute atomic E-state index is 12.4. The SMILES string of the molecule is Cc1ccc(NC(=O)c2ccc(C(=O)Cc3ccc(N)cc3)cc2)cc1. The first-order valence-corrected chi connectivity index (χ1v) is 8.37. The summed E-state index contributed by atoms with van der Waals surface area (Å²) in [7, 11) is 0. The normalized spacial score (nSPS) is 10.3. The lowest BCUT2D eigenvalue weighted by Crippen LogP contribution is -2.12. The Morgan fingerprint density at radius 1 is 0.808 bits per heavy atom. The zero-order chi connectivity index (χ0) is 18.5. The summed E-state index contributed by atoms with van der Waals surface area (Å²) >= 11 is 0. The van der Waals surface area contributed by atoms with E-state index < -0.39 is 0 Å². The highest BCUT2D eigenvalue weighted by molar-refractivity contribution is 6.05. The number of Topliss-reactive ketones (excluding diaryl/α,β-unsaturated/α-hetero) is 1. The zero-order valence-corrected chi connectivity index (χ0v) is 14.5. The van der Waals surface area contributed by atoms with E-state index in [1.807, 2.05) is 43.3 Å². The maximum Gasteiger partial charge on any atom is 0.255 e. The standard InChI is InChI=1S/C22H20N2O2/c1-15-2-12-20(13-3-15)24-22(26)18-8-6-17(7-9-18)21(25)14-16-4-10-19(23)11-5-16/h2-13H,14,23H2,1H3,(H,24,26). The second-order valence-electron chi connectivity index (χ2n) is 6.24. The molecule has 3 N–H and O–H groups in total. The van der Waals surface area contributed by atoms with Crippen LogP contribution >= 0.6 is 0 Å². The summed E-state index contributed by atoms with van der Waals surface area (Å²) < 4.78 is 0. The summed E-state index contributed by atoms with van der Waals surface area (Å²) in [6, 6.07) is 21.5. The Labute approximate surface area is 152 Å². The number of carbonyl (C=O) groups excluding carboxylic acids is 2. The van der Waals surface area contributed by atoms with Gasteiger partial charge in [0.25, 0.3) is 5.91 Å². The highest BCUT2D eigenvalue weighted by Crippen LogP contribution is 2.14. The van der Waals surface area contributed by atoms with Crippen LogP contribution in [0.4, 0.5) is 11.4 Å². The second-order valence-corrected chi connectivity index (χ2v) is 6.24. The van der Waals surface area contributed by atoms with Crippen molar-refractivity contribution in [2.24, 2.45) is 0 Å². The first kappa shape index (κ1) is 17.4. The molecule has 1 amide bonds. The van der Waals surface area contributed by atoms with Crippen LogP contribution in [0, 0.1) is 6.92 Å². The Morgan fingerprint density at radius 2 is 1.38 bits per heavy atom. The van der Waals surface area contributed by atoms with Gasteiger partial charge < -0.3 is 11.1 Å². The Bertz CT molecular complexity index is 833. The summed E-state index contributed by atoms with van der Waals surface area (Å²) in [6.45, 7) is 1.99. The van der Waals surface area contributed by atoms with Crippen molar-refractivity contribution >= 4 is 23.1 Å². The van der Waals surface area contributed by atoms with Gasteiger partial charge in [-0.25, -0.2) is 0 Å². The molecular formula is C22H20N2O2. The molecule has 3 aromatic rings. The lowest BCUT2D eigenvalue weighted by atomic mass is 10.0. The fourth-order valence-corrected chi connectivity index (χ4v) is 2.57. The third-order valence-electron chi connectivity index (χ3n) is 4.12. The average molecular weight is 344 g/mol. The number of hydrogen-bond acceptors (Lipinski definition) is 3. The van der Waals surface area contributed by atoms with Gasteiger partial charge in [0.05, 0.1) is 0 Å². The number of nitrogen functional groups attached to an aromatic ring is 1. The number of carbonyl (C=O) groups is 2. The van der Waals surface area contributed by atoms with Gasteiger partial charge in [0.15, 0.2) is 5.78 Å². The third-order valence-corrected chi connectivity index (χ3v) is 4.12. The van der Waals surface area contributed by atoms with E-state index in [-0.39, 0.29) is 11.7 Å². The number of aryl methyl sites for hydroxylation is 1. The van der Waals surface area contributed by atoms with Gasteiger partial charge in [0.1, 0.15) is 0 Å². The van der Waals surface area contributed by atoms with Crippen LogP contribution in [0.1, 0.15) is 31.8 Å². The lowest BCUT2D eigenvalue weighted by Gasteiger charge is -2.07. The number of amides is 1. The Hall–Kier alpha value is -3.40. The van der Waals surface area contributed by atoms with E-state index in [2.05, 4.69) is 5.32 Å². The van der Waals surface area contributed by atoms with E-state index in [0.717, 1.165) is 16.8 Å².